The van der Waals surface area contributed by atoms with Gasteiger partial charge in [0.1, 0.15) is 10.8 Å². The van der Waals surface area contributed by atoms with Crippen LogP contribution in [0.1, 0.15) is 16.1 Å². The summed E-state index contributed by atoms with van der Waals surface area (Å²) in [6, 6.07) is 0. The number of carbonyl (C=O) groups is 1. The Hall–Kier alpha value is -1.95. The van der Waals surface area contributed by atoms with E-state index in [0.717, 1.165) is 5.56 Å². The molecule has 0 aliphatic carbocycles. The molecular formula is C11H12ClN5O. The lowest BCUT2D eigenvalue weighted by molar-refractivity contribution is 0.0779. The molecule has 2 aromatic rings. The van der Waals surface area contributed by atoms with Crippen molar-refractivity contribution >= 4 is 17.5 Å². The van der Waals surface area contributed by atoms with Crippen LogP contribution in [-0.4, -0.2) is 37.6 Å². The topological polar surface area (TPSA) is 63.9 Å². The fourth-order valence-electron chi connectivity index (χ4n) is 1.54. The van der Waals surface area contributed by atoms with Gasteiger partial charge in [-0.2, -0.15) is 5.10 Å². The minimum absolute atomic E-state index is 0.204. The summed E-state index contributed by atoms with van der Waals surface area (Å²) < 4.78 is 1.69. The van der Waals surface area contributed by atoms with Crippen LogP contribution in [0.25, 0.3) is 0 Å². The number of aryl methyl sites for hydroxylation is 1. The maximum absolute atomic E-state index is 12.0. The van der Waals surface area contributed by atoms with Gasteiger partial charge in [0.05, 0.1) is 18.6 Å². The Morgan fingerprint density at radius 2 is 2.22 bits per heavy atom. The van der Waals surface area contributed by atoms with Gasteiger partial charge in [0.2, 0.25) is 0 Å². The van der Waals surface area contributed by atoms with E-state index in [-0.39, 0.29) is 16.8 Å². The third-order valence-electron chi connectivity index (χ3n) is 2.35. The highest BCUT2D eigenvalue weighted by molar-refractivity contribution is 6.29. The summed E-state index contributed by atoms with van der Waals surface area (Å²) in [5, 5.41) is 4.25. The quantitative estimate of drug-likeness (QED) is 0.835. The number of rotatable bonds is 3. The number of carbonyl (C=O) groups excluding carboxylic acids is 1. The molecule has 0 aliphatic heterocycles. The van der Waals surface area contributed by atoms with E-state index < -0.39 is 0 Å². The lowest BCUT2D eigenvalue weighted by atomic mass is 10.3. The van der Waals surface area contributed by atoms with E-state index in [1.807, 2.05) is 13.2 Å². The maximum Gasteiger partial charge on any atom is 0.274 e. The number of nitrogens with zero attached hydrogens (tertiary/aromatic N) is 5. The fourth-order valence-corrected chi connectivity index (χ4v) is 1.69. The van der Waals surface area contributed by atoms with Gasteiger partial charge >= 0.3 is 0 Å². The number of hydrogen-bond acceptors (Lipinski definition) is 4. The molecule has 0 radical (unpaired) electrons. The van der Waals surface area contributed by atoms with Crippen molar-refractivity contribution in [1.29, 1.82) is 0 Å². The van der Waals surface area contributed by atoms with Crippen LogP contribution in [0, 0.1) is 0 Å². The smallest absolute Gasteiger partial charge is 0.274 e. The van der Waals surface area contributed by atoms with Gasteiger partial charge in [-0.3, -0.25) is 14.5 Å². The monoisotopic (exact) mass is 265 g/mol. The minimum atomic E-state index is -0.228. The van der Waals surface area contributed by atoms with Crippen LogP contribution >= 0.6 is 11.6 Å². The Balaban J connectivity index is 2.09. The molecule has 1 amide bonds. The largest absolute Gasteiger partial charge is 0.336 e. The lowest BCUT2D eigenvalue weighted by Gasteiger charge is -2.15. The second-order valence-electron chi connectivity index (χ2n) is 3.91. The van der Waals surface area contributed by atoms with Crippen molar-refractivity contribution in [2.45, 2.75) is 6.54 Å². The Bertz CT molecular complexity index is 568. The molecule has 2 heterocycles. The van der Waals surface area contributed by atoms with E-state index in [1.54, 1.807) is 17.9 Å². The van der Waals surface area contributed by atoms with Crippen LogP contribution in [0.4, 0.5) is 0 Å². The van der Waals surface area contributed by atoms with Crippen molar-refractivity contribution in [3.8, 4) is 0 Å². The van der Waals surface area contributed by atoms with Crippen LogP contribution in [0.3, 0.4) is 0 Å². The van der Waals surface area contributed by atoms with E-state index in [1.165, 1.54) is 17.3 Å². The van der Waals surface area contributed by atoms with Crippen molar-refractivity contribution in [3.05, 3.63) is 41.2 Å². The Kier molecular flexibility index (Phi) is 3.57. The summed E-state index contributed by atoms with van der Waals surface area (Å²) in [4.78, 5) is 21.4. The third kappa shape index (κ3) is 2.84. The highest BCUT2D eigenvalue weighted by Crippen LogP contribution is 2.07. The summed E-state index contributed by atoms with van der Waals surface area (Å²) in [5.41, 5.74) is 1.18. The van der Waals surface area contributed by atoms with E-state index in [9.17, 15) is 4.79 Å². The summed E-state index contributed by atoms with van der Waals surface area (Å²) in [6.07, 6.45) is 6.36. The summed E-state index contributed by atoms with van der Waals surface area (Å²) in [5.74, 6) is -0.228. The predicted octanol–water partition coefficient (Wildman–Crippen LogP) is 1.14. The molecule has 0 saturated heterocycles. The molecule has 0 aliphatic rings. The normalized spacial score (nSPS) is 10.4. The molecule has 0 aromatic carbocycles. The van der Waals surface area contributed by atoms with Crippen LogP contribution in [-0.2, 0) is 13.6 Å². The number of hydrogen-bond donors (Lipinski definition) is 0. The van der Waals surface area contributed by atoms with E-state index in [4.69, 9.17) is 11.6 Å². The first-order valence-corrected chi connectivity index (χ1v) is 5.64. The molecule has 0 spiro atoms. The van der Waals surface area contributed by atoms with Crippen LogP contribution in [0.15, 0.2) is 24.8 Å². The molecular weight excluding hydrogens is 254 g/mol. The maximum atomic E-state index is 12.0. The Labute approximate surface area is 109 Å². The fraction of sp³-hybridized carbons (Fsp3) is 0.273. The first-order chi connectivity index (χ1) is 8.56. The first kappa shape index (κ1) is 12.5. The van der Waals surface area contributed by atoms with Gasteiger partial charge in [0.15, 0.2) is 0 Å². The molecule has 94 valence electrons. The highest BCUT2D eigenvalue weighted by Gasteiger charge is 2.14. The zero-order valence-corrected chi connectivity index (χ0v) is 10.8. The summed E-state index contributed by atoms with van der Waals surface area (Å²) in [6.45, 7) is 0.459. The number of aromatic nitrogens is 4. The molecule has 0 bridgehead atoms. The third-order valence-corrected chi connectivity index (χ3v) is 2.53. The van der Waals surface area contributed by atoms with E-state index in [2.05, 4.69) is 15.1 Å². The van der Waals surface area contributed by atoms with E-state index in [0.29, 0.717) is 6.54 Å². The average Bonchev–Trinajstić information content (AvgIpc) is 2.73. The minimum Gasteiger partial charge on any atom is -0.336 e. The molecule has 2 rings (SSSR count). The van der Waals surface area contributed by atoms with Gasteiger partial charge in [-0.1, -0.05) is 11.6 Å². The van der Waals surface area contributed by atoms with Gasteiger partial charge in [-0.15, -0.1) is 0 Å². The van der Waals surface area contributed by atoms with E-state index >= 15 is 0 Å². The zero-order valence-electron chi connectivity index (χ0n) is 10.0. The summed E-state index contributed by atoms with van der Waals surface area (Å²) >= 11 is 5.70. The molecule has 0 fully saturated rings. The first-order valence-electron chi connectivity index (χ1n) is 5.27. The van der Waals surface area contributed by atoms with Gasteiger partial charge in [0.25, 0.3) is 5.91 Å². The van der Waals surface area contributed by atoms with Crippen LogP contribution < -0.4 is 0 Å². The molecule has 18 heavy (non-hydrogen) atoms. The molecule has 7 heteroatoms. The van der Waals surface area contributed by atoms with Crippen molar-refractivity contribution in [1.82, 2.24) is 24.6 Å². The van der Waals surface area contributed by atoms with Crippen molar-refractivity contribution in [3.63, 3.8) is 0 Å². The van der Waals surface area contributed by atoms with Crippen LogP contribution in [0.5, 0.6) is 0 Å². The number of amides is 1. The lowest BCUT2D eigenvalue weighted by Crippen LogP contribution is -2.27. The molecule has 0 saturated carbocycles. The van der Waals surface area contributed by atoms with Gasteiger partial charge in [-0.05, 0) is 0 Å². The molecule has 0 N–H and O–H groups in total. The average molecular weight is 266 g/mol. The molecule has 0 atom stereocenters. The van der Waals surface area contributed by atoms with Crippen molar-refractivity contribution < 1.29 is 4.79 Å². The standard InChI is InChI=1S/C11H12ClN5O/c1-16(6-8-3-14-17(2)7-8)11(18)9-4-13-5-10(12)15-9/h3-5,7H,6H2,1-2H3. The molecule has 0 unspecified atom stereocenters. The van der Waals surface area contributed by atoms with Crippen LogP contribution in [0.2, 0.25) is 5.15 Å². The van der Waals surface area contributed by atoms with Crippen molar-refractivity contribution in [2.24, 2.45) is 7.05 Å². The highest BCUT2D eigenvalue weighted by atomic mass is 35.5. The van der Waals surface area contributed by atoms with Gasteiger partial charge < -0.3 is 4.90 Å². The van der Waals surface area contributed by atoms with Gasteiger partial charge in [0, 0.05) is 32.4 Å². The summed E-state index contributed by atoms with van der Waals surface area (Å²) in [7, 11) is 3.52. The van der Waals surface area contributed by atoms with Crippen molar-refractivity contribution in [2.75, 3.05) is 7.05 Å². The Morgan fingerprint density at radius 1 is 1.44 bits per heavy atom. The Morgan fingerprint density at radius 3 is 2.83 bits per heavy atom. The SMILES string of the molecule is CN(Cc1cnn(C)c1)C(=O)c1cncc(Cl)n1. The predicted molar refractivity (Wildman–Crippen MR) is 66.0 cm³/mol. The zero-order chi connectivity index (χ0) is 13.1. The second-order valence-corrected chi connectivity index (χ2v) is 4.30. The molecule has 2 aromatic heterocycles. The molecule has 6 nitrogen and oxygen atoms in total. The second kappa shape index (κ2) is 5.14. The number of halogens is 1. The van der Waals surface area contributed by atoms with Gasteiger partial charge in [-0.25, -0.2) is 4.98 Å².